The number of aromatic hydroxyl groups is 1. The molecule has 1 saturated heterocycles. The van der Waals surface area contributed by atoms with Crippen molar-refractivity contribution in [1.29, 1.82) is 5.26 Å². The standard InChI is InChI=1S/C14H15N3O3/c15-9-11(10-17-5-7-20-8-6-17)14(19)16-12-3-1-2-4-13(12)18/h1-4,10,18H,5-8H2,(H,16,19)/b11-10-. The van der Waals surface area contributed by atoms with E-state index in [0.29, 0.717) is 26.3 Å². The molecule has 104 valence electrons. The fourth-order valence-corrected chi connectivity index (χ4v) is 1.80. The van der Waals surface area contributed by atoms with E-state index in [-0.39, 0.29) is 17.0 Å². The Balaban J connectivity index is 2.08. The van der Waals surface area contributed by atoms with E-state index in [1.54, 1.807) is 18.2 Å². The topological polar surface area (TPSA) is 85.6 Å². The lowest BCUT2D eigenvalue weighted by Crippen LogP contribution is -2.33. The van der Waals surface area contributed by atoms with Gasteiger partial charge in [0.1, 0.15) is 17.4 Å². The van der Waals surface area contributed by atoms with E-state index in [1.807, 2.05) is 11.0 Å². The summed E-state index contributed by atoms with van der Waals surface area (Å²) in [6.07, 6.45) is 1.53. The fraction of sp³-hybridized carbons (Fsp3) is 0.286. The third-order valence-electron chi connectivity index (χ3n) is 2.87. The molecule has 2 N–H and O–H groups in total. The normalized spacial score (nSPS) is 15.6. The van der Waals surface area contributed by atoms with Crippen molar-refractivity contribution in [3.05, 3.63) is 36.0 Å². The summed E-state index contributed by atoms with van der Waals surface area (Å²) < 4.78 is 5.20. The summed E-state index contributed by atoms with van der Waals surface area (Å²) >= 11 is 0. The van der Waals surface area contributed by atoms with Crippen molar-refractivity contribution >= 4 is 11.6 Å². The smallest absolute Gasteiger partial charge is 0.267 e. The van der Waals surface area contributed by atoms with Crippen LogP contribution in [-0.4, -0.2) is 42.2 Å². The van der Waals surface area contributed by atoms with E-state index in [0.717, 1.165) is 0 Å². The molecule has 6 nitrogen and oxygen atoms in total. The van der Waals surface area contributed by atoms with Crippen LogP contribution < -0.4 is 5.32 Å². The molecule has 0 radical (unpaired) electrons. The molecular formula is C14H15N3O3. The number of carbonyl (C=O) groups excluding carboxylic acids is 1. The highest BCUT2D eigenvalue weighted by Crippen LogP contribution is 2.22. The number of nitrogens with zero attached hydrogens (tertiary/aromatic N) is 2. The highest BCUT2D eigenvalue weighted by atomic mass is 16.5. The minimum atomic E-state index is -0.541. The van der Waals surface area contributed by atoms with E-state index in [9.17, 15) is 9.90 Å². The molecule has 0 aliphatic carbocycles. The molecule has 1 amide bonds. The minimum absolute atomic E-state index is 0.00449. The maximum atomic E-state index is 12.0. The monoisotopic (exact) mass is 273 g/mol. The van der Waals surface area contributed by atoms with Gasteiger partial charge in [-0.25, -0.2) is 0 Å². The SMILES string of the molecule is N#C/C(=C/N1CCOCC1)C(=O)Nc1ccccc1O. The van der Waals surface area contributed by atoms with Crippen LogP contribution in [0.3, 0.4) is 0 Å². The predicted octanol–water partition coefficient (Wildman–Crippen LogP) is 1.07. The maximum Gasteiger partial charge on any atom is 0.267 e. The minimum Gasteiger partial charge on any atom is -0.506 e. The van der Waals surface area contributed by atoms with Gasteiger partial charge in [-0.3, -0.25) is 4.79 Å². The van der Waals surface area contributed by atoms with Crippen molar-refractivity contribution in [2.45, 2.75) is 0 Å². The molecule has 20 heavy (non-hydrogen) atoms. The van der Waals surface area contributed by atoms with Crippen LogP contribution in [-0.2, 0) is 9.53 Å². The van der Waals surface area contributed by atoms with Gasteiger partial charge in [0.15, 0.2) is 0 Å². The lowest BCUT2D eigenvalue weighted by molar-refractivity contribution is -0.112. The number of ether oxygens (including phenoxy) is 1. The van der Waals surface area contributed by atoms with Crippen LogP contribution in [0.1, 0.15) is 0 Å². The molecule has 6 heteroatoms. The van der Waals surface area contributed by atoms with Crippen LogP contribution in [0.5, 0.6) is 5.75 Å². The molecule has 0 unspecified atom stereocenters. The number of phenolic OH excluding ortho intramolecular Hbond substituents is 1. The molecule has 1 aliphatic rings. The van der Waals surface area contributed by atoms with E-state index >= 15 is 0 Å². The maximum absolute atomic E-state index is 12.0. The summed E-state index contributed by atoms with van der Waals surface area (Å²) in [5.41, 5.74) is 0.274. The van der Waals surface area contributed by atoms with Crippen LogP contribution in [0.2, 0.25) is 0 Å². The van der Waals surface area contributed by atoms with Gasteiger partial charge in [0.05, 0.1) is 18.9 Å². The number of hydrogen-bond acceptors (Lipinski definition) is 5. The van der Waals surface area contributed by atoms with E-state index < -0.39 is 5.91 Å². The number of benzene rings is 1. The van der Waals surface area contributed by atoms with Gasteiger partial charge in [-0.15, -0.1) is 0 Å². The molecule has 1 aromatic carbocycles. The first-order valence-electron chi connectivity index (χ1n) is 6.24. The number of anilines is 1. The summed E-state index contributed by atoms with van der Waals surface area (Å²) in [6, 6.07) is 8.25. The second-order valence-corrected chi connectivity index (χ2v) is 4.27. The molecule has 1 aromatic rings. The highest BCUT2D eigenvalue weighted by Gasteiger charge is 2.14. The Bertz CT molecular complexity index is 557. The first-order valence-corrected chi connectivity index (χ1v) is 6.24. The molecule has 0 bridgehead atoms. The highest BCUT2D eigenvalue weighted by molar-refractivity contribution is 6.07. The van der Waals surface area contributed by atoms with Gasteiger partial charge in [0.2, 0.25) is 0 Å². The number of rotatable bonds is 3. The van der Waals surface area contributed by atoms with E-state index in [4.69, 9.17) is 10.00 Å². The molecule has 2 rings (SSSR count). The van der Waals surface area contributed by atoms with Crippen LogP contribution in [0.15, 0.2) is 36.0 Å². The lowest BCUT2D eigenvalue weighted by Gasteiger charge is -2.25. The van der Waals surface area contributed by atoms with Crippen molar-refractivity contribution < 1.29 is 14.6 Å². The summed E-state index contributed by atoms with van der Waals surface area (Å²) in [4.78, 5) is 13.9. The Morgan fingerprint density at radius 1 is 1.40 bits per heavy atom. The average Bonchev–Trinajstić information content (AvgIpc) is 2.48. The first-order chi connectivity index (χ1) is 9.70. The molecule has 0 saturated carbocycles. The van der Waals surface area contributed by atoms with Crippen molar-refractivity contribution in [1.82, 2.24) is 4.90 Å². The third-order valence-corrected chi connectivity index (χ3v) is 2.87. The third kappa shape index (κ3) is 3.49. The van der Waals surface area contributed by atoms with Crippen molar-refractivity contribution in [3.8, 4) is 11.8 Å². The quantitative estimate of drug-likeness (QED) is 0.489. The second-order valence-electron chi connectivity index (χ2n) is 4.27. The van der Waals surface area contributed by atoms with Crippen LogP contribution in [0.25, 0.3) is 0 Å². The number of nitrogens with one attached hydrogen (secondary N) is 1. The number of para-hydroxylation sites is 2. The fourth-order valence-electron chi connectivity index (χ4n) is 1.80. The van der Waals surface area contributed by atoms with Gasteiger partial charge >= 0.3 is 0 Å². The molecular weight excluding hydrogens is 258 g/mol. The number of carbonyl (C=O) groups is 1. The molecule has 1 aliphatic heterocycles. The van der Waals surface area contributed by atoms with Gasteiger partial charge < -0.3 is 20.1 Å². The number of morpholine rings is 1. The Kier molecular flexibility index (Phi) is 4.58. The summed E-state index contributed by atoms with van der Waals surface area (Å²) in [5, 5.41) is 21.2. The van der Waals surface area contributed by atoms with Crippen molar-refractivity contribution in [2.75, 3.05) is 31.6 Å². The van der Waals surface area contributed by atoms with Crippen molar-refractivity contribution in [2.24, 2.45) is 0 Å². The van der Waals surface area contributed by atoms with Gasteiger partial charge in [-0.2, -0.15) is 5.26 Å². The van der Waals surface area contributed by atoms with Crippen LogP contribution >= 0.6 is 0 Å². The second kappa shape index (κ2) is 6.59. The van der Waals surface area contributed by atoms with Crippen molar-refractivity contribution in [3.63, 3.8) is 0 Å². The van der Waals surface area contributed by atoms with E-state index in [2.05, 4.69) is 5.32 Å². The first kappa shape index (κ1) is 13.9. The van der Waals surface area contributed by atoms with E-state index in [1.165, 1.54) is 12.3 Å². The van der Waals surface area contributed by atoms with Gasteiger partial charge in [-0.05, 0) is 12.1 Å². The predicted molar refractivity (Wildman–Crippen MR) is 72.8 cm³/mol. The average molecular weight is 273 g/mol. The Morgan fingerprint density at radius 2 is 2.10 bits per heavy atom. The Hall–Kier alpha value is -2.52. The Labute approximate surface area is 116 Å². The molecule has 1 heterocycles. The summed E-state index contributed by atoms with van der Waals surface area (Å²) in [7, 11) is 0. The summed E-state index contributed by atoms with van der Waals surface area (Å²) in [5.74, 6) is -0.579. The van der Waals surface area contributed by atoms with Crippen LogP contribution in [0.4, 0.5) is 5.69 Å². The Morgan fingerprint density at radius 3 is 2.75 bits per heavy atom. The lowest BCUT2D eigenvalue weighted by atomic mass is 10.2. The van der Waals surface area contributed by atoms with Gasteiger partial charge in [0, 0.05) is 19.3 Å². The number of hydrogen-bond donors (Lipinski definition) is 2. The largest absolute Gasteiger partial charge is 0.506 e. The van der Waals surface area contributed by atoms with Gasteiger partial charge in [-0.1, -0.05) is 12.1 Å². The molecule has 0 atom stereocenters. The number of nitriles is 1. The zero-order valence-corrected chi connectivity index (χ0v) is 10.9. The zero-order valence-electron chi connectivity index (χ0n) is 10.9. The molecule has 1 fully saturated rings. The number of phenols is 1. The molecule has 0 aromatic heterocycles. The summed E-state index contributed by atoms with van der Waals surface area (Å²) in [6.45, 7) is 2.46. The number of amides is 1. The molecule has 0 spiro atoms. The van der Waals surface area contributed by atoms with Gasteiger partial charge in [0.25, 0.3) is 5.91 Å². The van der Waals surface area contributed by atoms with Crippen LogP contribution in [0, 0.1) is 11.3 Å². The zero-order chi connectivity index (χ0) is 14.4.